The second kappa shape index (κ2) is 7.51. The van der Waals surface area contributed by atoms with E-state index in [0.29, 0.717) is 19.6 Å². The summed E-state index contributed by atoms with van der Waals surface area (Å²) in [6, 6.07) is 10.2. The minimum absolute atomic E-state index is 0.309. The summed E-state index contributed by atoms with van der Waals surface area (Å²) in [5, 5.41) is 0. The van der Waals surface area contributed by atoms with Crippen LogP contribution in [0, 0.1) is 6.07 Å². The molecule has 1 radical (unpaired) electrons. The molecule has 0 aliphatic rings. The van der Waals surface area contributed by atoms with Gasteiger partial charge in [0.1, 0.15) is 5.75 Å². The number of allylic oxidation sites excluding steroid dienone is 1. The number of hydrogen-bond acceptors (Lipinski definition) is 3. The maximum Gasteiger partial charge on any atom is 0.330 e. The Morgan fingerprint density at radius 3 is 2.81 bits per heavy atom. The molecule has 0 spiro atoms. The van der Waals surface area contributed by atoms with E-state index in [4.69, 9.17) is 9.47 Å². The molecule has 0 aliphatic carbocycles. The van der Waals surface area contributed by atoms with Gasteiger partial charge in [-0.15, -0.1) is 0 Å². The van der Waals surface area contributed by atoms with Crippen LogP contribution < -0.4 is 4.74 Å². The van der Waals surface area contributed by atoms with Crippen LogP contribution >= 0.6 is 0 Å². The van der Waals surface area contributed by atoms with Crippen LogP contribution in [0.5, 0.6) is 5.75 Å². The van der Waals surface area contributed by atoms with E-state index in [1.807, 2.05) is 12.1 Å². The van der Waals surface area contributed by atoms with Gasteiger partial charge in [-0.2, -0.15) is 0 Å². The van der Waals surface area contributed by atoms with E-state index in [-0.39, 0.29) is 5.97 Å². The summed E-state index contributed by atoms with van der Waals surface area (Å²) >= 11 is 0. The van der Waals surface area contributed by atoms with E-state index in [9.17, 15) is 4.79 Å². The second-order valence-electron chi connectivity index (χ2n) is 3.11. The Kier molecular flexibility index (Phi) is 5.78. The van der Waals surface area contributed by atoms with Gasteiger partial charge in [-0.3, -0.25) is 0 Å². The van der Waals surface area contributed by atoms with Crippen molar-refractivity contribution >= 4 is 5.97 Å². The maximum absolute atomic E-state index is 10.9. The van der Waals surface area contributed by atoms with Crippen molar-refractivity contribution in [1.82, 2.24) is 0 Å². The molecule has 3 nitrogen and oxygen atoms in total. The van der Waals surface area contributed by atoms with E-state index in [1.165, 1.54) is 6.08 Å². The van der Waals surface area contributed by atoms with E-state index in [0.717, 1.165) is 5.75 Å². The predicted octanol–water partition coefficient (Wildman–Crippen LogP) is 2.37. The summed E-state index contributed by atoms with van der Waals surface area (Å²) in [5.74, 6) is 0.496. The van der Waals surface area contributed by atoms with Gasteiger partial charge in [0.15, 0.2) is 0 Å². The summed E-state index contributed by atoms with van der Waals surface area (Å²) in [5.41, 5.74) is 0. The van der Waals surface area contributed by atoms with Crippen molar-refractivity contribution in [1.29, 1.82) is 0 Å². The van der Waals surface area contributed by atoms with Crippen molar-refractivity contribution in [2.75, 3.05) is 13.2 Å². The molecule has 0 heterocycles. The number of carbonyl (C=O) groups is 1. The second-order valence-corrected chi connectivity index (χ2v) is 3.11. The molecule has 85 valence electrons. The summed E-state index contributed by atoms with van der Waals surface area (Å²) < 4.78 is 10.3. The fraction of sp³-hybridized carbons (Fsp3) is 0.308. The van der Waals surface area contributed by atoms with Crippen LogP contribution in [0.4, 0.5) is 0 Å². The Balaban J connectivity index is 2.07. The van der Waals surface area contributed by atoms with E-state index in [2.05, 4.69) is 6.07 Å². The number of benzene rings is 1. The first-order valence-electron chi connectivity index (χ1n) is 5.21. The molecule has 0 aromatic heterocycles. The Hall–Kier alpha value is -1.77. The zero-order valence-corrected chi connectivity index (χ0v) is 9.31. The molecular weight excluding hydrogens is 204 g/mol. The molecule has 16 heavy (non-hydrogen) atoms. The lowest BCUT2D eigenvalue weighted by Gasteiger charge is -2.05. The number of rotatable bonds is 6. The first-order chi connectivity index (χ1) is 7.83. The van der Waals surface area contributed by atoms with Gasteiger partial charge in [0, 0.05) is 12.5 Å². The molecule has 0 bridgehead atoms. The highest BCUT2D eigenvalue weighted by molar-refractivity contribution is 5.81. The van der Waals surface area contributed by atoms with Gasteiger partial charge in [0.05, 0.1) is 13.2 Å². The summed E-state index contributed by atoms with van der Waals surface area (Å²) in [4.78, 5) is 10.9. The Labute approximate surface area is 95.7 Å². The first kappa shape index (κ1) is 12.3. The topological polar surface area (TPSA) is 35.5 Å². The Morgan fingerprint density at radius 1 is 1.38 bits per heavy atom. The minimum atomic E-state index is -0.309. The lowest BCUT2D eigenvalue weighted by Crippen LogP contribution is -2.06. The zero-order chi connectivity index (χ0) is 11.6. The van der Waals surface area contributed by atoms with Crippen LogP contribution in [0.1, 0.15) is 13.3 Å². The number of ether oxygens (including phenoxy) is 2. The number of carbonyl (C=O) groups excluding carboxylic acids is 1. The Morgan fingerprint density at radius 2 is 2.12 bits per heavy atom. The highest BCUT2D eigenvalue weighted by atomic mass is 16.5. The fourth-order valence-electron chi connectivity index (χ4n) is 1.07. The standard InChI is InChI=1S/C13H15O3/c1-2-7-13(14)16-11-6-10-15-12-8-4-3-5-9-12/h2,4-5,7-9H,6,10-11H2,1H3. The Bertz CT molecular complexity index is 330. The van der Waals surface area contributed by atoms with Crippen LogP contribution in [0.25, 0.3) is 0 Å². The van der Waals surface area contributed by atoms with Crippen LogP contribution in [0.2, 0.25) is 0 Å². The highest BCUT2D eigenvalue weighted by Crippen LogP contribution is 2.07. The molecule has 0 amide bonds. The van der Waals surface area contributed by atoms with Gasteiger partial charge in [-0.05, 0) is 25.1 Å². The maximum atomic E-state index is 10.9. The third-order valence-corrected chi connectivity index (χ3v) is 1.79. The zero-order valence-electron chi connectivity index (χ0n) is 9.31. The van der Waals surface area contributed by atoms with E-state index >= 15 is 0 Å². The van der Waals surface area contributed by atoms with Crippen molar-refractivity contribution in [2.45, 2.75) is 13.3 Å². The van der Waals surface area contributed by atoms with Gasteiger partial charge in [0.2, 0.25) is 0 Å². The van der Waals surface area contributed by atoms with Crippen LogP contribution in [-0.4, -0.2) is 19.2 Å². The molecule has 0 atom stereocenters. The number of hydrogen-bond donors (Lipinski definition) is 0. The van der Waals surface area contributed by atoms with Gasteiger partial charge in [-0.25, -0.2) is 4.79 Å². The molecule has 0 saturated heterocycles. The van der Waals surface area contributed by atoms with E-state index < -0.39 is 0 Å². The molecule has 0 saturated carbocycles. The fourth-order valence-corrected chi connectivity index (χ4v) is 1.07. The lowest BCUT2D eigenvalue weighted by molar-refractivity contribution is -0.137. The molecule has 1 aromatic carbocycles. The average Bonchev–Trinajstić information content (AvgIpc) is 2.30. The normalized spacial score (nSPS) is 10.3. The van der Waals surface area contributed by atoms with Crippen LogP contribution in [0.15, 0.2) is 36.4 Å². The van der Waals surface area contributed by atoms with Gasteiger partial charge >= 0.3 is 5.97 Å². The highest BCUT2D eigenvalue weighted by Gasteiger charge is 1.96. The van der Waals surface area contributed by atoms with Gasteiger partial charge in [0.25, 0.3) is 0 Å². The third kappa shape index (κ3) is 5.20. The van der Waals surface area contributed by atoms with E-state index in [1.54, 1.807) is 25.1 Å². The molecule has 0 aliphatic heterocycles. The first-order valence-corrected chi connectivity index (χ1v) is 5.21. The van der Waals surface area contributed by atoms with Gasteiger partial charge in [-0.1, -0.05) is 18.2 Å². The quantitative estimate of drug-likeness (QED) is 0.418. The minimum Gasteiger partial charge on any atom is -0.493 e. The summed E-state index contributed by atoms with van der Waals surface area (Å²) in [6.07, 6.45) is 3.73. The van der Waals surface area contributed by atoms with Crippen molar-refractivity contribution in [3.63, 3.8) is 0 Å². The van der Waals surface area contributed by atoms with Crippen LogP contribution in [-0.2, 0) is 9.53 Å². The summed E-state index contributed by atoms with van der Waals surface area (Å²) in [6.45, 7) is 2.69. The monoisotopic (exact) mass is 219 g/mol. The molecular formula is C13H15O3. The molecule has 3 heteroatoms. The summed E-state index contributed by atoms with van der Waals surface area (Å²) in [7, 11) is 0. The lowest BCUT2D eigenvalue weighted by atomic mass is 10.3. The van der Waals surface area contributed by atoms with Crippen LogP contribution in [0.3, 0.4) is 0 Å². The molecule has 0 fully saturated rings. The smallest absolute Gasteiger partial charge is 0.330 e. The number of esters is 1. The molecule has 1 rings (SSSR count). The molecule has 0 N–H and O–H groups in total. The third-order valence-electron chi connectivity index (χ3n) is 1.79. The molecule has 0 unspecified atom stereocenters. The average molecular weight is 219 g/mol. The van der Waals surface area contributed by atoms with Gasteiger partial charge < -0.3 is 9.47 Å². The van der Waals surface area contributed by atoms with Crippen molar-refractivity contribution in [3.05, 3.63) is 42.5 Å². The van der Waals surface area contributed by atoms with Crippen molar-refractivity contribution < 1.29 is 14.3 Å². The van der Waals surface area contributed by atoms with Crippen molar-refractivity contribution in [3.8, 4) is 5.75 Å². The SMILES string of the molecule is CC=CC(=O)OCCCOc1cc[c]cc1. The largest absolute Gasteiger partial charge is 0.493 e. The molecule has 1 aromatic rings. The predicted molar refractivity (Wildman–Crippen MR) is 61.2 cm³/mol. The van der Waals surface area contributed by atoms with Crippen molar-refractivity contribution in [2.24, 2.45) is 0 Å².